The number of aryl methyl sites for hydroxylation is 2. The van der Waals surface area contributed by atoms with Crippen molar-refractivity contribution >= 4 is 15.9 Å². The van der Waals surface area contributed by atoms with Crippen molar-refractivity contribution in [3.8, 4) is 0 Å². The van der Waals surface area contributed by atoms with Crippen molar-refractivity contribution in [2.45, 2.75) is 26.3 Å². The fourth-order valence-electron chi connectivity index (χ4n) is 2.23. The normalized spacial score (nSPS) is 12.4. The molecular weight excluding hydrogens is 300 g/mol. The number of benzene rings is 1. The average Bonchev–Trinajstić information content (AvgIpc) is 2.39. The van der Waals surface area contributed by atoms with Gasteiger partial charge in [0.15, 0.2) is 0 Å². The molecule has 1 aromatic heterocycles. The largest absolute Gasteiger partial charge is 0.313 e. The van der Waals surface area contributed by atoms with Gasteiger partial charge in [-0.25, -0.2) is 0 Å². The number of nitrogens with zero attached hydrogens (tertiary/aromatic N) is 1. The summed E-state index contributed by atoms with van der Waals surface area (Å²) in [5.41, 5.74) is 4.94. The first-order chi connectivity index (χ1) is 9.10. The lowest BCUT2D eigenvalue weighted by Crippen LogP contribution is -2.20. The van der Waals surface area contributed by atoms with E-state index in [-0.39, 0.29) is 0 Å². The fourth-order valence-corrected chi connectivity index (χ4v) is 2.70. The first-order valence-corrected chi connectivity index (χ1v) is 7.24. The molecule has 0 aliphatic heterocycles. The van der Waals surface area contributed by atoms with Gasteiger partial charge in [-0.1, -0.05) is 28.1 Å². The Morgan fingerprint density at radius 2 is 2.00 bits per heavy atom. The van der Waals surface area contributed by atoms with Gasteiger partial charge in [-0.2, -0.15) is 0 Å². The first kappa shape index (κ1) is 14.2. The van der Waals surface area contributed by atoms with Crippen LogP contribution in [0, 0.1) is 13.8 Å². The first-order valence-electron chi connectivity index (χ1n) is 6.45. The van der Waals surface area contributed by atoms with Gasteiger partial charge in [0, 0.05) is 28.8 Å². The van der Waals surface area contributed by atoms with Crippen LogP contribution in [0.25, 0.3) is 0 Å². The molecule has 0 bridgehead atoms. The highest BCUT2D eigenvalue weighted by atomic mass is 79.9. The van der Waals surface area contributed by atoms with E-state index in [1.807, 2.05) is 13.2 Å². The van der Waals surface area contributed by atoms with E-state index in [9.17, 15) is 0 Å². The third-order valence-corrected chi connectivity index (χ3v) is 3.83. The van der Waals surface area contributed by atoms with Crippen LogP contribution in [-0.4, -0.2) is 12.0 Å². The Morgan fingerprint density at radius 3 is 2.58 bits per heavy atom. The quantitative estimate of drug-likeness (QED) is 0.922. The summed E-state index contributed by atoms with van der Waals surface area (Å²) in [5, 5.41) is 3.39. The van der Waals surface area contributed by atoms with E-state index in [0.717, 1.165) is 16.6 Å². The van der Waals surface area contributed by atoms with E-state index in [1.165, 1.54) is 16.7 Å². The van der Waals surface area contributed by atoms with Gasteiger partial charge in [-0.05, 0) is 55.8 Å². The highest BCUT2D eigenvalue weighted by Crippen LogP contribution is 2.24. The minimum Gasteiger partial charge on any atom is -0.313 e. The summed E-state index contributed by atoms with van der Waals surface area (Å²) in [6.45, 7) is 4.21. The molecule has 19 heavy (non-hydrogen) atoms. The van der Waals surface area contributed by atoms with Crippen LogP contribution < -0.4 is 5.32 Å². The van der Waals surface area contributed by atoms with Gasteiger partial charge in [0.25, 0.3) is 0 Å². The van der Waals surface area contributed by atoms with E-state index in [2.05, 4.69) is 70.4 Å². The molecule has 0 radical (unpaired) electrons. The number of likely N-dealkylation sites (N-methyl/N-ethyl adjacent to an activating group) is 1. The summed E-state index contributed by atoms with van der Waals surface area (Å²) < 4.78 is 1.12. The number of pyridine rings is 1. The van der Waals surface area contributed by atoms with Crippen LogP contribution in [0.4, 0.5) is 0 Å². The Kier molecular flexibility index (Phi) is 4.72. The van der Waals surface area contributed by atoms with Crippen LogP contribution in [0.15, 0.2) is 41.0 Å². The molecule has 0 saturated carbocycles. The topological polar surface area (TPSA) is 24.9 Å². The van der Waals surface area contributed by atoms with Crippen molar-refractivity contribution in [1.82, 2.24) is 10.3 Å². The molecule has 1 unspecified atom stereocenters. The molecular formula is C16H19BrN2. The van der Waals surface area contributed by atoms with E-state index in [1.54, 1.807) is 0 Å². The molecule has 1 atom stereocenters. The molecule has 2 rings (SSSR count). The lowest BCUT2D eigenvalue weighted by molar-refractivity contribution is 0.581. The lowest BCUT2D eigenvalue weighted by atomic mass is 9.97. The molecule has 1 heterocycles. The summed E-state index contributed by atoms with van der Waals surface area (Å²) in [6.07, 6.45) is 2.83. The lowest BCUT2D eigenvalue weighted by Gasteiger charge is -2.19. The van der Waals surface area contributed by atoms with Crippen molar-refractivity contribution in [1.29, 1.82) is 0 Å². The number of halogens is 1. The minimum absolute atomic E-state index is 0.295. The number of hydrogen-bond acceptors (Lipinski definition) is 2. The molecule has 0 spiro atoms. The maximum absolute atomic E-state index is 4.49. The standard InChI is InChI=1S/C16H19BrN2/c1-11-4-6-14(19-10-11)9-16(18-3)15-7-5-13(17)8-12(15)2/h4-8,10,16,18H,9H2,1-3H3. The fraction of sp³-hybridized carbons (Fsp3) is 0.312. The van der Waals surface area contributed by atoms with Crippen LogP contribution in [-0.2, 0) is 6.42 Å². The minimum atomic E-state index is 0.295. The second-order valence-corrected chi connectivity index (χ2v) is 5.79. The van der Waals surface area contributed by atoms with Gasteiger partial charge in [0.2, 0.25) is 0 Å². The third-order valence-electron chi connectivity index (χ3n) is 3.34. The van der Waals surface area contributed by atoms with Gasteiger partial charge in [0.1, 0.15) is 0 Å². The summed E-state index contributed by atoms with van der Waals surface area (Å²) in [5.74, 6) is 0. The van der Waals surface area contributed by atoms with Crippen molar-refractivity contribution in [3.05, 3.63) is 63.4 Å². The Morgan fingerprint density at radius 1 is 1.21 bits per heavy atom. The zero-order valence-corrected chi connectivity index (χ0v) is 13.2. The van der Waals surface area contributed by atoms with E-state index < -0.39 is 0 Å². The van der Waals surface area contributed by atoms with Crippen LogP contribution in [0.5, 0.6) is 0 Å². The third kappa shape index (κ3) is 3.64. The molecule has 0 amide bonds. The van der Waals surface area contributed by atoms with Crippen LogP contribution in [0.2, 0.25) is 0 Å². The summed E-state index contributed by atoms with van der Waals surface area (Å²) in [7, 11) is 2.00. The van der Waals surface area contributed by atoms with Gasteiger partial charge in [-0.3, -0.25) is 4.98 Å². The highest BCUT2D eigenvalue weighted by Gasteiger charge is 2.13. The van der Waals surface area contributed by atoms with Crippen LogP contribution in [0.1, 0.15) is 28.4 Å². The van der Waals surface area contributed by atoms with Crippen molar-refractivity contribution < 1.29 is 0 Å². The molecule has 2 nitrogen and oxygen atoms in total. The Hall–Kier alpha value is -1.19. The molecule has 0 aliphatic rings. The maximum atomic E-state index is 4.49. The van der Waals surface area contributed by atoms with E-state index >= 15 is 0 Å². The van der Waals surface area contributed by atoms with Gasteiger partial charge in [0.05, 0.1) is 0 Å². The second kappa shape index (κ2) is 6.31. The molecule has 3 heteroatoms. The van der Waals surface area contributed by atoms with Crippen molar-refractivity contribution in [2.75, 3.05) is 7.05 Å². The highest BCUT2D eigenvalue weighted by molar-refractivity contribution is 9.10. The molecule has 1 N–H and O–H groups in total. The van der Waals surface area contributed by atoms with Crippen LogP contribution in [0.3, 0.4) is 0 Å². The maximum Gasteiger partial charge on any atom is 0.0422 e. The number of rotatable bonds is 4. The molecule has 0 saturated heterocycles. The molecule has 0 aliphatic carbocycles. The summed E-state index contributed by atoms with van der Waals surface area (Å²) >= 11 is 3.51. The molecule has 100 valence electrons. The Bertz CT molecular complexity index is 549. The van der Waals surface area contributed by atoms with Crippen LogP contribution >= 0.6 is 15.9 Å². The van der Waals surface area contributed by atoms with Gasteiger partial charge in [-0.15, -0.1) is 0 Å². The smallest absolute Gasteiger partial charge is 0.0422 e. The van der Waals surface area contributed by atoms with Gasteiger partial charge < -0.3 is 5.32 Å². The zero-order valence-electron chi connectivity index (χ0n) is 11.6. The summed E-state index contributed by atoms with van der Waals surface area (Å²) in [4.78, 5) is 4.49. The predicted octanol–water partition coefficient (Wildman–Crippen LogP) is 3.96. The molecule has 1 aromatic carbocycles. The monoisotopic (exact) mass is 318 g/mol. The van der Waals surface area contributed by atoms with Gasteiger partial charge >= 0.3 is 0 Å². The van der Waals surface area contributed by atoms with Crippen molar-refractivity contribution in [2.24, 2.45) is 0 Å². The molecule has 0 fully saturated rings. The van der Waals surface area contributed by atoms with E-state index in [0.29, 0.717) is 6.04 Å². The van der Waals surface area contributed by atoms with E-state index in [4.69, 9.17) is 0 Å². The SMILES string of the molecule is CNC(Cc1ccc(C)cn1)c1ccc(Br)cc1C. The number of nitrogens with one attached hydrogen (secondary N) is 1. The Labute approximate surface area is 123 Å². The average molecular weight is 319 g/mol. The molecule has 2 aromatic rings. The number of hydrogen-bond donors (Lipinski definition) is 1. The Balaban J connectivity index is 2.22. The summed E-state index contributed by atoms with van der Waals surface area (Å²) in [6, 6.07) is 10.9. The van der Waals surface area contributed by atoms with Crippen molar-refractivity contribution in [3.63, 3.8) is 0 Å². The second-order valence-electron chi connectivity index (χ2n) is 4.87. The predicted molar refractivity (Wildman–Crippen MR) is 83.4 cm³/mol. The zero-order chi connectivity index (χ0) is 13.8. The number of aromatic nitrogens is 1.